The lowest BCUT2D eigenvalue weighted by molar-refractivity contribution is 0.444. The van der Waals surface area contributed by atoms with E-state index in [1.54, 1.807) is 0 Å². The van der Waals surface area contributed by atoms with Crippen molar-refractivity contribution in [3.63, 3.8) is 0 Å². The van der Waals surface area contributed by atoms with Crippen molar-refractivity contribution in [3.8, 4) is 11.4 Å². The summed E-state index contributed by atoms with van der Waals surface area (Å²) >= 11 is 0. The highest BCUT2D eigenvalue weighted by molar-refractivity contribution is 5.61. The first-order valence-corrected chi connectivity index (χ1v) is 8.69. The molecule has 1 fully saturated rings. The lowest BCUT2D eigenvalue weighted by atomic mass is 10.0. The molecule has 1 aromatic carbocycles. The Kier molecular flexibility index (Phi) is 5.11. The molecule has 23 heavy (non-hydrogen) atoms. The Bertz CT molecular complexity index is 627. The molecule has 4 heteroatoms. The quantitative estimate of drug-likeness (QED) is 0.898. The predicted molar refractivity (Wildman–Crippen MR) is 96.9 cm³/mol. The fourth-order valence-corrected chi connectivity index (χ4v) is 3.05. The number of piperidine rings is 1. The molecular weight excluding hydrogens is 284 g/mol. The molecule has 0 aliphatic carbocycles. The number of nitrogens with one attached hydrogen (secondary N) is 1. The summed E-state index contributed by atoms with van der Waals surface area (Å²) in [5.74, 6) is 3.50. The molecule has 1 N–H and O–H groups in total. The molecule has 1 aromatic heterocycles. The van der Waals surface area contributed by atoms with Crippen LogP contribution >= 0.6 is 0 Å². The minimum Gasteiger partial charge on any atom is -0.370 e. The number of anilines is 2. The predicted octanol–water partition coefficient (Wildman–Crippen LogP) is 4.20. The first-order chi connectivity index (χ1) is 11.3. The van der Waals surface area contributed by atoms with Crippen molar-refractivity contribution in [3.05, 3.63) is 36.4 Å². The van der Waals surface area contributed by atoms with Crippen LogP contribution in [0.2, 0.25) is 0 Å². The van der Waals surface area contributed by atoms with Gasteiger partial charge in [-0.05, 0) is 25.2 Å². The highest BCUT2D eigenvalue weighted by Gasteiger charge is 2.19. The third-order valence-corrected chi connectivity index (χ3v) is 4.28. The van der Waals surface area contributed by atoms with Gasteiger partial charge in [-0.2, -0.15) is 0 Å². The standard InChI is InChI=1S/C19H26N4/c1-3-11-20-17-13-18(23-12-7-8-15(2)14-23)22-19(21-17)16-9-5-4-6-10-16/h4-6,9-10,13,15H,3,7-8,11-12,14H2,1-2H3,(H,20,21,22). The SMILES string of the molecule is CCCNc1cc(N2CCCC(C)C2)nc(-c2ccccc2)n1. The van der Waals surface area contributed by atoms with Crippen LogP contribution < -0.4 is 10.2 Å². The van der Waals surface area contributed by atoms with Crippen molar-refractivity contribution in [2.45, 2.75) is 33.1 Å². The van der Waals surface area contributed by atoms with Crippen LogP contribution in [-0.4, -0.2) is 29.6 Å². The van der Waals surface area contributed by atoms with E-state index in [0.29, 0.717) is 0 Å². The smallest absolute Gasteiger partial charge is 0.163 e. The Morgan fingerprint density at radius 2 is 2.04 bits per heavy atom. The van der Waals surface area contributed by atoms with Crippen LogP contribution in [0.25, 0.3) is 11.4 Å². The van der Waals surface area contributed by atoms with Crippen LogP contribution in [0, 0.1) is 5.92 Å². The van der Waals surface area contributed by atoms with Crippen LogP contribution in [0.15, 0.2) is 36.4 Å². The molecule has 2 heterocycles. The number of benzene rings is 1. The summed E-state index contributed by atoms with van der Waals surface area (Å²) in [5.41, 5.74) is 1.07. The summed E-state index contributed by atoms with van der Waals surface area (Å²) in [5, 5.41) is 3.42. The van der Waals surface area contributed by atoms with Gasteiger partial charge in [0.25, 0.3) is 0 Å². The maximum atomic E-state index is 4.84. The van der Waals surface area contributed by atoms with Crippen LogP contribution in [-0.2, 0) is 0 Å². The highest BCUT2D eigenvalue weighted by Crippen LogP contribution is 2.26. The molecule has 3 rings (SSSR count). The number of nitrogens with zero attached hydrogens (tertiary/aromatic N) is 3. The summed E-state index contributed by atoms with van der Waals surface area (Å²) in [7, 11) is 0. The van der Waals surface area contributed by atoms with E-state index in [2.05, 4.69) is 42.3 Å². The summed E-state index contributed by atoms with van der Waals surface area (Å²) in [6.45, 7) is 7.59. The first-order valence-electron chi connectivity index (χ1n) is 8.69. The van der Waals surface area contributed by atoms with Crippen LogP contribution in [0.4, 0.5) is 11.6 Å². The van der Waals surface area contributed by atoms with Crippen molar-refractivity contribution in [2.75, 3.05) is 29.9 Å². The largest absolute Gasteiger partial charge is 0.370 e. The lowest BCUT2D eigenvalue weighted by Crippen LogP contribution is -2.35. The van der Waals surface area contributed by atoms with Crippen molar-refractivity contribution in [1.82, 2.24) is 9.97 Å². The van der Waals surface area contributed by atoms with E-state index in [1.807, 2.05) is 18.2 Å². The zero-order valence-electron chi connectivity index (χ0n) is 14.1. The molecule has 0 bridgehead atoms. The average molecular weight is 310 g/mol. The van der Waals surface area contributed by atoms with Gasteiger partial charge >= 0.3 is 0 Å². The molecule has 4 nitrogen and oxygen atoms in total. The van der Waals surface area contributed by atoms with Crippen LogP contribution in [0.5, 0.6) is 0 Å². The van der Waals surface area contributed by atoms with E-state index < -0.39 is 0 Å². The molecule has 2 aromatic rings. The van der Waals surface area contributed by atoms with Gasteiger partial charge in [-0.1, -0.05) is 44.2 Å². The van der Waals surface area contributed by atoms with Gasteiger partial charge in [0.05, 0.1) is 0 Å². The zero-order valence-corrected chi connectivity index (χ0v) is 14.1. The molecule has 0 amide bonds. The third kappa shape index (κ3) is 4.01. The van der Waals surface area contributed by atoms with Crippen LogP contribution in [0.1, 0.15) is 33.1 Å². The zero-order chi connectivity index (χ0) is 16.1. The van der Waals surface area contributed by atoms with E-state index in [-0.39, 0.29) is 0 Å². The molecule has 0 radical (unpaired) electrons. The Hall–Kier alpha value is -2.10. The Morgan fingerprint density at radius 1 is 1.22 bits per heavy atom. The van der Waals surface area contributed by atoms with Crippen molar-refractivity contribution < 1.29 is 0 Å². The Balaban J connectivity index is 1.94. The maximum absolute atomic E-state index is 4.84. The van der Waals surface area contributed by atoms with E-state index in [0.717, 1.165) is 55.0 Å². The fourth-order valence-electron chi connectivity index (χ4n) is 3.05. The van der Waals surface area contributed by atoms with E-state index >= 15 is 0 Å². The first kappa shape index (κ1) is 15.8. The second-order valence-corrected chi connectivity index (χ2v) is 6.42. The summed E-state index contributed by atoms with van der Waals surface area (Å²) in [4.78, 5) is 12.0. The van der Waals surface area contributed by atoms with Crippen LogP contribution in [0.3, 0.4) is 0 Å². The molecule has 1 atom stereocenters. The second-order valence-electron chi connectivity index (χ2n) is 6.42. The Morgan fingerprint density at radius 3 is 2.78 bits per heavy atom. The van der Waals surface area contributed by atoms with Crippen molar-refractivity contribution in [1.29, 1.82) is 0 Å². The Labute approximate surface area is 139 Å². The molecule has 1 aliphatic rings. The molecule has 0 saturated carbocycles. The minimum absolute atomic E-state index is 0.728. The topological polar surface area (TPSA) is 41.0 Å². The van der Waals surface area contributed by atoms with Crippen molar-refractivity contribution >= 4 is 11.6 Å². The summed E-state index contributed by atoms with van der Waals surface area (Å²) < 4.78 is 0. The number of rotatable bonds is 5. The number of hydrogen-bond acceptors (Lipinski definition) is 4. The second kappa shape index (κ2) is 7.44. The maximum Gasteiger partial charge on any atom is 0.163 e. The van der Waals surface area contributed by atoms with Gasteiger partial charge < -0.3 is 10.2 Å². The molecule has 1 aliphatic heterocycles. The highest BCUT2D eigenvalue weighted by atomic mass is 15.2. The lowest BCUT2D eigenvalue weighted by Gasteiger charge is -2.32. The van der Waals surface area contributed by atoms with Crippen molar-refractivity contribution in [2.24, 2.45) is 5.92 Å². The minimum atomic E-state index is 0.728. The molecule has 0 spiro atoms. The molecule has 122 valence electrons. The van der Waals surface area contributed by atoms with E-state index in [4.69, 9.17) is 9.97 Å². The summed E-state index contributed by atoms with van der Waals surface area (Å²) in [6, 6.07) is 12.3. The number of hydrogen-bond donors (Lipinski definition) is 1. The van der Waals surface area contributed by atoms with Gasteiger partial charge in [0.15, 0.2) is 5.82 Å². The van der Waals surface area contributed by atoms with Gasteiger partial charge in [0.2, 0.25) is 0 Å². The number of aromatic nitrogens is 2. The molecular formula is C19H26N4. The fraction of sp³-hybridized carbons (Fsp3) is 0.474. The molecule has 1 unspecified atom stereocenters. The van der Waals surface area contributed by atoms with Gasteiger partial charge in [-0.3, -0.25) is 0 Å². The van der Waals surface area contributed by atoms with Gasteiger partial charge in [0.1, 0.15) is 11.6 Å². The van der Waals surface area contributed by atoms with Gasteiger partial charge in [-0.25, -0.2) is 9.97 Å². The van der Waals surface area contributed by atoms with Gasteiger partial charge in [-0.15, -0.1) is 0 Å². The summed E-state index contributed by atoms with van der Waals surface area (Å²) in [6.07, 6.45) is 3.64. The molecule has 1 saturated heterocycles. The van der Waals surface area contributed by atoms with Gasteiger partial charge in [0, 0.05) is 31.3 Å². The van der Waals surface area contributed by atoms with E-state index in [9.17, 15) is 0 Å². The monoisotopic (exact) mass is 310 g/mol. The normalized spacial score (nSPS) is 18.0. The van der Waals surface area contributed by atoms with E-state index in [1.165, 1.54) is 12.8 Å². The average Bonchev–Trinajstić information content (AvgIpc) is 2.60. The third-order valence-electron chi connectivity index (χ3n) is 4.28.